The fourth-order valence-corrected chi connectivity index (χ4v) is 4.91. The van der Waals surface area contributed by atoms with Gasteiger partial charge in [-0.15, -0.1) is 0 Å². The number of carbonyl (C=O) groups excluding carboxylic acids is 1. The molecule has 0 unspecified atom stereocenters. The zero-order valence-electron chi connectivity index (χ0n) is 20.2. The molecule has 2 aliphatic rings. The molecule has 1 aliphatic carbocycles. The molecule has 0 spiro atoms. The van der Waals surface area contributed by atoms with Gasteiger partial charge < -0.3 is 14.2 Å². The van der Waals surface area contributed by atoms with Crippen LogP contribution >= 0.6 is 0 Å². The molecule has 3 aromatic carbocycles. The lowest BCUT2D eigenvalue weighted by Gasteiger charge is -2.17. The summed E-state index contributed by atoms with van der Waals surface area (Å²) in [5.41, 5.74) is 1.50. The summed E-state index contributed by atoms with van der Waals surface area (Å²) in [4.78, 5) is 27.2. The fraction of sp³-hybridized carbons (Fsp3) is 0.241. The number of carbonyl (C=O) groups is 1. The van der Waals surface area contributed by atoms with E-state index in [0.29, 0.717) is 64.3 Å². The molecule has 8 nitrogen and oxygen atoms in total. The molecule has 4 aromatic rings. The molecule has 0 radical (unpaired) electrons. The van der Waals surface area contributed by atoms with Gasteiger partial charge >= 0.3 is 0 Å². The van der Waals surface area contributed by atoms with Gasteiger partial charge in [0.05, 0.1) is 34.7 Å². The number of nitrogens with zero attached hydrogens (tertiary/aromatic N) is 3. The highest BCUT2D eigenvalue weighted by atomic mass is 16.7. The van der Waals surface area contributed by atoms with E-state index < -0.39 is 5.41 Å². The SMILES string of the molecule is CCOc1ccc2c(-c3cccc(C#N)c3)nn(CC(=O)C3(c4ccc5c(c4)OCO5)CC3)c(=O)c2c1. The van der Waals surface area contributed by atoms with Gasteiger partial charge in [-0.1, -0.05) is 18.2 Å². The Hall–Kier alpha value is -4.64. The van der Waals surface area contributed by atoms with Crippen molar-refractivity contribution in [3.8, 4) is 34.6 Å². The van der Waals surface area contributed by atoms with Crippen molar-refractivity contribution in [3.63, 3.8) is 0 Å². The van der Waals surface area contributed by atoms with Crippen LogP contribution in [0.15, 0.2) is 65.5 Å². The largest absolute Gasteiger partial charge is 0.494 e. The maximum atomic E-state index is 13.7. The van der Waals surface area contributed by atoms with Gasteiger partial charge in [-0.3, -0.25) is 9.59 Å². The molecule has 0 amide bonds. The molecule has 6 rings (SSSR count). The third-order valence-corrected chi connectivity index (χ3v) is 7.01. The van der Waals surface area contributed by atoms with Gasteiger partial charge in [-0.05, 0) is 67.8 Å². The molecular weight excluding hydrogens is 470 g/mol. The Bertz CT molecular complexity index is 1660. The second-order valence-electron chi connectivity index (χ2n) is 9.22. The van der Waals surface area contributed by atoms with Crippen LogP contribution in [0.3, 0.4) is 0 Å². The topological polar surface area (TPSA) is 103 Å². The maximum absolute atomic E-state index is 13.7. The first-order valence-corrected chi connectivity index (χ1v) is 12.1. The van der Waals surface area contributed by atoms with Crippen molar-refractivity contribution in [3.05, 3.63) is 82.1 Å². The normalized spacial score (nSPS) is 14.8. The van der Waals surface area contributed by atoms with Gasteiger partial charge in [-0.2, -0.15) is 10.4 Å². The summed E-state index contributed by atoms with van der Waals surface area (Å²) >= 11 is 0. The average Bonchev–Trinajstić information content (AvgIpc) is 3.61. The number of nitriles is 1. The van der Waals surface area contributed by atoms with Crippen molar-refractivity contribution in [1.82, 2.24) is 9.78 Å². The second-order valence-corrected chi connectivity index (χ2v) is 9.22. The monoisotopic (exact) mass is 493 g/mol. The molecule has 0 saturated heterocycles. The number of hydrogen-bond acceptors (Lipinski definition) is 7. The zero-order chi connectivity index (χ0) is 25.6. The quantitative estimate of drug-likeness (QED) is 0.377. The molecule has 1 fully saturated rings. The third-order valence-electron chi connectivity index (χ3n) is 7.01. The Morgan fingerprint density at radius 3 is 2.70 bits per heavy atom. The Kier molecular flexibility index (Phi) is 5.41. The molecule has 0 N–H and O–H groups in total. The van der Waals surface area contributed by atoms with Crippen molar-refractivity contribution in [2.75, 3.05) is 13.4 Å². The molecule has 1 aliphatic heterocycles. The minimum Gasteiger partial charge on any atom is -0.494 e. The van der Waals surface area contributed by atoms with Crippen molar-refractivity contribution in [2.24, 2.45) is 0 Å². The average molecular weight is 494 g/mol. The number of fused-ring (bicyclic) bond motifs is 2. The van der Waals surface area contributed by atoms with Crippen LogP contribution in [0, 0.1) is 11.3 Å². The van der Waals surface area contributed by atoms with E-state index in [-0.39, 0.29) is 24.7 Å². The molecule has 184 valence electrons. The van der Waals surface area contributed by atoms with Gasteiger partial charge in [-0.25, -0.2) is 4.68 Å². The molecule has 8 heteroatoms. The first-order valence-electron chi connectivity index (χ1n) is 12.1. The number of ketones is 1. The van der Waals surface area contributed by atoms with E-state index in [1.165, 1.54) is 4.68 Å². The first-order chi connectivity index (χ1) is 18.0. The predicted molar refractivity (Wildman–Crippen MR) is 136 cm³/mol. The van der Waals surface area contributed by atoms with Crippen LogP contribution in [0.4, 0.5) is 0 Å². The smallest absolute Gasteiger partial charge is 0.275 e. The second kappa shape index (κ2) is 8.79. The minimum atomic E-state index is -0.675. The molecule has 1 aromatic heterocycles. The number of Topliss-reactive ketones (excluding diaryl/α,β-unsaturated/α-hetero) is 1. The molecule has 0 bridgehead atoms. The lowest BCUT2D eigenvalue weighted by atomic mass is 9.91. The van der Waals surface area contributed by atoms with Crippen LogP contribution in [0.25, 0.3) is 22.0 Å². The van der Waals surface area contributed by atoms with E-state index in [2.05, 4.69) is 11.2 Å². The van der Waals surface area contributed by atoms with E-state index in [4.69, 9.17) is 14.2 Å². The predicted octanol–water partition coefficient (Wildman–Crippen LogP) is 4.36. The van der Waals surface area contributed by atoms with Crippen molar-refractivity contribution >= 4 is 16.6 Å². The molecular formula is C29H23N3O5. The lowest BCUT2D eigenvalue weighted by Crippen LogP contribution is -2.32. The summed E-state index contributed by atoms with van der Waals surface area (Å²) in [6, 6.07) is 20.0. The number of aromatic nitrogens is 2. The summed E-state index contributed by atoms with van der Waals surface area (Å²) in [6.07, 6.45) is 1.39. The molecule has 37 heavy (non-hydrogen) atoms. The number of benzene rings is 3. The van der Waals surface area contributed by atoms with Crippen LogP contribution in [0.5, 0.6) is 17.2 Å². The highest BCUT2D eigenvalue weighted by Gasteiger charge is 2.51. The van der Waals surface area contributed by atoms with Crippen LogP contribution in [0.2, 0.25) is 0 Å². The standard InChI is InChI=1S/C29H23N3O5/c1-2-35-21-7-8-22-23(14-21)28(34)32(31-27(22)19-5-3-4-18(12-19)15-30)16-26(33)29(10-11-29)20-6-9-24-25(13-20)37-17-36-24/h3-9,12-14H,2,10-11,16-17H2,1H3. The fourth-order valence-electron chi connectivity index (χ4n) is 4.91. The summed E-state index contributed by atoms with van der Waals surface area (Å²) < 4.78 is 17.8. The molecule has 0 atom stereocenters. The Morgan fingerprint density at radius 2 is 1.92 bits per heavy atom. The summed E-state index contributed by atoms with van der Waals surface area (Å²) in [7, 11) is 0. The van der Waals surface area contributed by atoms with Gasteiger partial charge in [0, 0.05) is 10.9 Å². The highest BCUT2D eigenvalue weighted by molar-refractivity contribution is 5.96. The van der Waals surface area contributed by atoms with Gasteiger partial charge in [0.2, 0.25) is 6.79 Å². The number of ether oxygens (including phenoxy) is 3. The van der Waals surface area contributed by atoms with Crippen LogP contribution in [-0.2, 0) is 16.8 Å². The molecule has 2 heterocycles. The van der Waals surface area contributed by atoms with Crippen LogP contribution in [0.1, 0.15) is 30.9 Å². The van der Waals surface area contributed by atoms with E-state index in [1.54, 1.807) is 36.4 Å². The third kappa shape index (κ3) is 3.89. The summed E-state index contributed by atoms with van der Waals surface area (Å²) in [5.74, 6) is 1.76. The van der Waals surface area contributed by atoms with E-state index in [1.807, 2.05) is 31.2 Å². The van der Waals surface area contributed by atoms with Crippen molar-refractivity contribution in [2.45, 2.75) is 31.7 Å². The van der Waals surface area contributed by atoms with Gasteiger partial charge in [0.15, 0.2) is 17.3 Å². The Balaban J connectivity index is 1.44. The Morgan fingerprint density at radius 1 is 1.08 bits per heavy atom. The van der Waals surface area contributed by atoms with Gasteiger partial charge in [0.25, 0.3) is 5.56 Å². The van der Waals surface area contributed by atoms with Gasteiger partial charge in [0.1, 0.15) is 12.3 Å². The molecule has 1 saturated carbocycles. The number of hydrogen-bond donors (Lipinski definition) is 0. The minimum absolute atomic E-state index is 0.0852. The van der Waals surface area contributed by atoms with Crippen LogP contribution < -0.4 is 19.8 Å². The Labute approximate surface area is 212 Å². The number of rotatable bonds is 7. The van der Waals surface area contributed by atoms with E-state index in [9.17, 15) is 14.9 Å². The first kappa shape index (κ1) is 22.8. The van der Waals surface area contributed by atoms with E-state index in [0.717, 1.165) is 5.56 Å². The van der Waals surface area contributed by atoms with E-state index >= 15 is 0 Å². The zero-order valence-corrected chi connectivity index (χ0v) is 20.2. The van der Waals surface area contributed by atoms with Crippen molar-refractivity contribution < 1.29 is 19.0 Å². The van der Waals surface area contributed by atoms with Crippen LogP contribution in [-0.4, -0.2) is 29.0 Å². The highest BCUT2D eigenvalue weighted by Crippen LogP contribution is 2.51. The summed E-state index contributed by atoms with van der Waals surface area (Å²) in [5, 5.41) is 15.1. The summed E-state index contributed by atoms with van der Waals surface area (Å²) in [6.45, 7) is 2.32. The maximum Gasteiger partial charge on any atom is 0.275 e. The lowest BCUT2D eigenvalue weighted by molar-refractivity contribution is -0.122. The van der Waals surface area contributed by atoms with Crippen molar-refractivity contribution in [1.29, 1.82) is 5.26 Å².